The Hall–Kier alpha value is -1.43. The van der Waals surface area contributed by atoms with E-state index in [4.69, 9.17) is 0 Å². The van der Waals surface area contributed by atoms with Crippen LogP contribution in [0.1, 0.15) is 35.7 Å². The van der Waals surface area contributed by atoms with Gasteiger partial charge in [0.1, 0.15) is 0 Å². The van der Waals surface area contributed by atoms with Gasteiger partial charge in [0.15, 0.2) is 0 Å². The van der Waals surface area contributed by atoms with Crippen molar-refractivity contribution in [2.24, 2.45) is 5.92 Å². The molecule has 0 fully saturated rings. The highest BCUT2D eigenvalue weighted by atomic mass is 79.9. The van der Waals surface area contributed by atoms with Crippen LogP contribution in [0.25, 0.3) is 0 Å². The number of carbonyl (C=O) groups excluding carboxylic acids is 1. The minimum absolute atomic E-state index is 0.00442. The fourth-order valence-electron chi connectivity index (χ4n) is 1.95. The third-order valence-corrected chi connectivity index (χ3v) is 3.77. The van der Waals surface area contributed by atoms with Gasteiger partial charge in [0.2, 0.25) is 0 Å². The van der Waals surface area contributed by atoms with Gasteiger partial charge in [-0.2, -0.15) is 0 Å². The smallest absolute Gasteiger partial charge is 0.269 e. The molecule has 1 atom stereocenters. The number of nitrogens with one attached hydrogen (secondary N) is 1. The number of halogens is 1. The second kappa shape index (κ2) is 7.99. The number of benzene rings is 1. The molecule has 0 aliphatic heterocycles. The van der Waals surface area contributed by atoms with Crippen LogP contribution in [0.3, 0.4) is 0 Å². The summed E-state index contributed by atoms with van der Waals surface area (Å²) in [5, 5.41) is 14.5. The Bertz CT molecular complexity index is 491. The highest BCUT2D eigenvalue weighted by Crippen LogP contribution is 2.17. The summed E-state index contributed by atoms with van der Waals surface area (Å²) in [4.78, 5) is 22.3. The molecule has 1 N–H and O–H groups in total. The number of non-ortho nitro benzene ring substituents is 1. The van der Waals surface area contributed by atoms with Gasteiger partial charge in [0, 0.05) is 29.6 Å². The SMILES string of the molecule is CCC(CCBr)CNC(=O)c1ccc([N+](=O)[O-])cc1C. The molecule has 0 saturated carbocycles. The topological polar surface area (TPSA) is 72.2 Å². The van der Waals surface area contributed by atoms with Gasteiger partial charge in [-0.15, -0.1) is 0 Å². The number of rotatable bonds is 7. The highest BCUT2D eigenvalue weighted by molar-refractivity contribution is 9.09. The number of hydrogen-bond acceptors (Lipinski definition) is 3. The number of nitro groups is 1. The van der Waals surface area contributed by atoms with Crippen molar-refractivity contribution in [2.45, 2.75) is 26.7 Å². The average molecular weight is 343 g/mol. The lowest BCUT2D eigenvalue weighted by molar-refractivity contribution is -0.384. The molecule has 0 radical (unpaired) electrons. The lowest BCUT2D eigenvalue weighted by Gasteiger charge is -2.14. The number of alkyl halides is 1. The number of nitro benzene ring substituents is 1. The van der Waals surface area contributed by atoms with Gasteiger partial charge in [0.25, 0.3) is 11.6 Å². The van der Waals surface area contributed by atoms with Gasteiger partial charge in [-0.1, -0.05) is 29.3 Å². The zero-order chi connectivity index (χ0) is 15.1. The molecule has 1 amide bonds. The first kappa shape index (κ1) is 16.6. The Morgan fingerprint density at radius 2 is 2.20 bits per heavy atom. The van der Waals surface area contributed by atoms with Gasteiger partial charge in [0.05, 0.1) is 4.92 Å². The molecular weight excluding hydrogens is 324 g/mol. The van der Waals surface area contributed by atoms with E-state index in [1.165, 1.54) is 18.2 Å². The van der Waals surface area contributed by atoms with E-state index in [2.05, 4.69) is 28.2 Å². The largest absolute Gasteiger partial charge is 0.352 e. The van der Waals surface area contributed by atoms with Crippen molar-refractivity contribution in [3.63, 3.8) is 0 Å². The molecule has 1 aromatic rings. The Balaban J connectivity index is 2.70. The fraction of sp³-hybridized carbons (Fsp3) is 0.500. The molecule has 6 heteroatoms. The summed E-state index contributed by atoms with van der Waals surface area (Å²) in [6, 6.07) is 4.29. The van der Waals surface area contributed by atoms with Gasteiger partial charge in [-0.25, -0.2) is 0 Å². The molecule has 1 unspecified atom stereocenters. The number of nitrogens with zero attached hydrogens (tertiary/aromatic N) is 1. The molecule has 1 aromatic carbocycles. The molecule has 20 heavy (non-hydrogen) atoms. The second-order valence-corrected chi connectivity index (χ2v) is 5.51. The van der Waals surface area contributed by atoms with Crippen LogP contribution in [-0.2, 0) is 0 Å². The molecule has 0 aliphatic rings. The van der Waals surface area contributed by atoms with E-state index in [9.17, 15) is 14.9 Å². The maximum Gasteiger partial charge on any atom is 0.269 e. The Morgan fingerprint density at radius 3 is 2.70 bits per heavy atom. The third kappa shape index (κ3) is 4.59. The van der Waals surface area contributed by atoms with E-state index in [-0.39, 0.29) is 11.6 Å². The zero-order valence-corrected chi connectivity index (χ0v) is 13.3. The minimum Gasteiger partial charge on any atom is -0.352 e. The predicted octanol–water partition coefficient (Wildman–Crippen LogP) is 3.44. The summed E-state index contributed by atoms with van der Waals surface area (Å²) in [6.07, 6.45) is 2.02. The van der Waals surface area contributed by atoms with Crippen molar-refractivity contribution in [1.82, 2.24) is 5.32 Å². The first-order valence-corrected chi connectivity index (χ1v) is 7.71. The average Bonchev–Trinajstić information content (AvgIpc) is 2.42. The monoisotopic (exact) mass is 342 g/mol. The summed E-state index contributed by atoms with van der Waals surface area (Å²) >= 11 is 3.40. The van der Waals surface area contributed by atoms with E-state index in [0.717, 1.165) is 18.2 Å². The number of aryl methyl sites for hydroxylation is 1. The van der Waals surface area contributed by atoms with Gasteiger partial charge < -0.3 is 5.32 Å². The molecule has 0 aromatic heterocycles. The Labute approximate surface area is 127 Å². The summed E-state index contributed by atoms with van der Waals surface area (Å²) < 4.78 is 0. The van der Waals surface area contributed by atoms with Crippen LogP contribution in [0.15, 0.2) is 18.2 Å². The fourth-order valence-corrected chi connectivity index (χ4v) is 2.60. The molecule has 0 saturated heterocycles. The maximum absolute atomic E-state index is 12.1. The van der Waals surface area contributed by atoms with Crippen LogP contribution in [0.2, 0.25) is 0 Å². The standard InChI is InChI=1S/C14H19BrN2O3/c1-3-11(6-7-15)9-16-14(18)13-5-4-12(17(19)20)8-10(13)2/h4-5,8,11H,3,6-7,9H2,1-2H3,(H,16,18). The molecule has 110 valence electrons. The quantitative estimate of drug-likeness (QED) is 0.468. The highest BCUT2D eigenvalue weighted by Gasteiger charge is 2.14. The molecule has 0 aliphatic carbocycles. The molecule has 0 heterocycles. The summed E-state index contributed by atoms with van der Waals surface area (Å²) in [5.74, 6) is 0.266. The first-order chi connectivity index (χ1) is 9.49. The van der Waals surface area contributed by atoms with Gasteiger partial charge >= 0.3 is 0 Å². The Kier molecular flexibility index (Phi) is 6.64. The van der Waals surface area contributed by atoms with Crippen molar-refractivity contribution >= 4 is 27.5 Å². The van der Waals surface area contributed by atoms with Crippen molar-refractivity contribution in [2.75, 3.05) is 11.9 Å². The van der Waals surface area contributed by atoms with Crippen molar-refractivity contribution < 1.29 is 9.72 Å². The summed E-state index contributed by atoms with van der Waals surface area (Å²) in [7, 11) is 0. The van der Waals surface area contributed by atoms with Crippen molar-refractivity contribution in [3.05, 3.63) is 39.4 Å². The molecule has 5 nitrogen and oxygen atoms in total. The Morgan fingerprint density at radius 1 is 1.50 bits per heavy atom. The third-order valence-electron chi connectivity index (χ3n) is 3.31. The second-order valence-electron chi connectivity index (χ2n) is 4.72. The summed E-state index contributed by atoms with van der Waals surface area (Å²) in [6.45, 7) is 4.42. The van der Waals surface area contributed by atoms with Gasteiger partial charge in [-0.3, -0.25) is 14.9 Å². The van der Waals surface area contributed by atoms with E-state index in [1.807, 2.05) is 0 Å². The molecular formula is C14H19BrN2O3. The van der Waals surface area contributed by atoms with Crippen LogP contribution < -0.4 is 5.32 Å². The lowest BCUT2D eigenvalue weighted by Crippen LogP contribution is -2.29. The number of carbonyl (C=O) groups is 1. The normalized spacial score (nSPS) is 11.9. The summed E-state index contributed by atoms with van der Waals surface area (Å²) in [5.41, 5.74) is 1.11. The molecule has 0 bridgehead atoms. The van der Waals surface area contributed by atoms with Crippen LogP contribution in [0.4, 0.5) is 5.69 Å². The predicted molar refractivity (Wildman–Crippen MR) is 82.4 cm³/mol. The van der Waals surface area contributed by atoms with Crippen LogP contribution in [0, 0.1) is 23.0 Å². The van der Waals surface area contributed by atoms with Gasteiger partial charge in [-0.05, 0) is 30.9 Å². The van der Waals surface area contributed by atoms with E-state index in [0.29, 0.717) is 23.6 Å². The van der Waals surface area contributed by atoms with E-state index < -0.39 is 4.92 Å². The van der Waals surface area contributed by atoms with Crippen molar-refractivity contribution in [1.29, 1.82) is 0 Å². The van der Waals surface area contributed by atoms with Crippen LogP contribution >= 0.6 is 15.9 Å². The zero-order valence-electron chi connectivity index (χ0n) is 11.7. The molecule has 1 rings (SSSR count). The van der Waals surface area contributed by atoms with Crippen LogP contribution in [-0.4, -0.2) is 22.7 Å². The molecule has 0 spiro atoms. The lowest BCUT2D eigenvalue weighted by atomic mass is 10.0. The first-order valence-electron chi connectivity index (χ1n) is 6.58. The minimum atomic E-state index is -0.461. The van der Waals surface area contributed by atoms with Crippen LogP contribution in [0.5, 0.6) is 0 Å². The van der Waals surface area contributed by atoms with Crippen molar-refractivity contribution in [3.8, 4) is 0 Å². The number of hydrogen-bond donors (Lipinski definition) is 1. The number of amides is 1. The van der Waals surface area contributed by atoms with E-state index >= 15 is 0 Å². The maximum atomic E-state index is 12.1. The van der Waals surface area contributed by atoms with E-state index in [1.54, 1.807) is 6.92 Å².